The van der Waals surface area contributed by atoms with Crippen LogP contribution in [-0.2, 0) is 21.5 Å². The van der Waals surface area contributed by atoms with Crippen molar-refractivity contribution in [3.63, 3.8) is 0 Å². The second-order valence-corrected chi connectivity index (χ2v) is 6.15. The van der Waals surface area contributed by atoms with Gasteiger partial charge in [0.15, 0.2) is 0 Å². The molecule has 1 heterocycles. The van der Waals surface area contributed by atoms with E-state index in [4.69, 9.17) is 16.4 Å². The molecule has 0 unspecified atom stereocenters. The number of oxime groups is 1. The summed E-state index contributed by atoms with van der Waals surface area (Å²) in [5.74, 6) is -1.12. The third kappa shape index (κ3) is 4.12. The summed E-state index contributed by atoms with van der Waals surface area (Å²) in [6.45, 7) is 3.96. The van der Waals surface area contributed by atoms with Gasteiger partial charge in [-0.05, 0) is 25.5 Å². The number of halogens is 1. The van der Waals surface area contributed by atoms with Crippen LogP contribution >= 0.6 is 11.6 Å². The Kier molecular flexibility index (Phi) is 6.31. The first-order valence-corrected chi connectivity index (χ1v) is 8.41. The van der Waals surface area contributed by atoms with E-state index < -0.39 is 5.92 Å². The Morgan fingerprint density at radius 3 is 2.62 bits per heavy atom. The highest BCUT2D eigenvalue weighted by atomic mass is 35.5. The van der Waals surface area contributed by atoms with Crippen molar-refractivity contribution >= 4 is 28.9 Å². The lowest BCUT2D eigenvalue weighted by Crippen LogP contribution is -2.38. The van der Waals surface area contributed by atoms with Gasteiger partial charge in [-0.25, -0.2) is 0 Å². The van der Waals surface area contributed by atoms with Crippen LogP contribution in [0, 0.1) is 12.8 Å². The molecule has 6 nitrogen and oxygen atoms in total. The monoisotopic (exact) mass is 351 g/mol. The van der Waals surface area contributed by atoms with Gasteiger partial charge in [-0.15, -0.1) is 0 Å². The molecule has 0 saturated heterocycles. The van der Waals surface area contributed by atoms with Crippen LogP contribution in [0.4, 0.5) is 0 Å². The summed E-state index contributed by atoms with van der Waals surface area (Å²) in [4.78, 5) is 30.3. The Morgan fingerprint density at radius 1 is 1.46 bits per heavy atom. The molecule has 1 aromatic heterocycles. The Hall–Kier alpha value is -1.95. The van der Waals surface area contributed by atoms with Crippen LogP contribution in [0.1, 0.15) is 43.5 Å². The van der Waals surface area contributed by atoms with Gasteiger partial charge < -0.3 is 4.84 Å². The lowest BCUT2D eigenvalue weighted by molar-refractivity contribution is -0.133. The zero-order valence-electron chi connectivity index (χ0n) is 14.2. The van der Waals surface area contributed by atoms with E-state index in [0.29, 0.717) is 25.0 Å². The minimum absolute atomic E-state index is 0.104. The molecule has 0 atom stereocenters. The molecule has 1 fully saturated rings. The second kappa shape index (κ2) is 8.24. The van der Waals surface area contributed by atoms with E-state index in [1.54, 1.807) is 10.8 Å². The molecule has 0 N–H and O–H groups in total. The third-order valence-corrected chi connectivity index (χ3v) is 4.31. The first-order valence-electron chi connectivity index (χ1n) is 7.97. The molecule has 0 aromatic carbocycles. The summed E-state index contributed by atoms with van der Waals surface area (Å²) in [6, 6.07) is 1.93. The fourth-order valence-corrected chi connectivity index (χ4v) is 3.16. The van der Waals surface area contributed by atoms with Crippen molar-refractivity contribution < 1.29 is 14.4 Å². The predicted molar refractivity (Wildman–Crippen MR) is 92.1 cm³/mol. The number of carbonyl (C=O) groups excluding carboxylic acids is 2. The summed E-state index contributed by atoms with van der Waals surface area (Å²) in [5, 5.41) is 8.27. The molecule has 1 aliphatic rings. The summed E-state index contributed by atoms with van der Waals surface area (Å²) < 4.78 is 1.75. The third-order valence-electron chi connectivity index (χ3n) is 4.13. The number of Topliss-reactive ketones (excluding diaryl/α,β-unsaturated/α-hetero) is 2. The maximum atomic E-state index is 12.6. The van der Waals surface area contributed by atoms with Gasteiger partial charge >= 0.3 is 0 Å². The number of hydrogen-bond donors (Lipinski definition) is 0. The van der Waals surface area contributed by atoms with Crippen molar-refractivity contribution in [3.05, 3.63) is 29.1 Å². The van der Waals surface area contributed by atoms with Crippen LogP contribution in [0.2, 0.25) is 0 Å². The van der Waals surface area contributed by atoms with Gasteiger partial charge in [0.25, 0.3) is 0 Å². The number of nitrogens with zero attached hydrogens (tertiary/aromatic N) is 3. The van der Waals surface area contributed by atoms with E-state index in [-0.39, 0.29) is 24.1 Å². The van der Waals surface area contributed by atoms with Gasteiger partial charge in [-0.1, -0.05) is 23.7 Å². The maximum absolute atomic E-state index is 12.6. The quantitative estimate of drug-likeness (QED) is 0.342. The molecule has 2 rings (SSSR count). The van der Waals surface area contributed by atoms with Crippen molar-refractivity contribution in [1.29, 1.82) is 0 Å². The van der Waals surface area contributed by atoms with E-state index in [9.17, 15) is 9.59 Å². The van der Waals surface area contributed by atoms with Crippen LogP contribution in [0.15, 0.2) is 22.8 Å². The standard InChI is InChI=1S/C17H22ClN3O3/c1-4-13(20-24-7-5-6-18)17-15(22)9-12(10-16(17)23)14-8-11(2)19-21(14)3/h5-6,8,12,17H,4,7,9-10H2,1-3H3/b6-5?,20-13-. The number of hydrogen-bond acceptors (Lipinski definition) is 5. The molecular weight excluding hydrogens is 330 g/mol. The minimum Gasteiger partial charge on any atom is -0.392 e. The van der Waals surface area contributed by atoms with E-state index in [1.165, 1.54) is 5.54 Å². The maximum Gasteiger partial charge on any atom is 0.149 e. The van der Waals surface area contributed by atoms with E-state index in [0.717, 1.165) is 11.4 Å². The predicted octanol–water partition coefficient (Wildman–Crippen LogP) is 2.90. The average molecular weight is 352 g/mol. The largest absolute Gasteiger partial charge is 0.392 e. The molecule has 0 spiro atoms. The van der Waals surface area contributed by atoms with Gasteiger partial charge in [-0.3, -0.25) is 14.3 Å². The highest BCUT2D eigenvalue weighted by molar-refractivity contribution is 6.25. The molecule has 0 bridgehead atoms. The molecule has 0 aliphatic heterocycles. The van der Waals surface area contributed by atoms with Crippen molar-refractivity contribution in [2.45, 2.75) is 39.0 Å². The van der Waals surface area contributed by atoms with Crippen LogP contribution in [0.3, 0.4) is 0 Å². The van der Waals surface area contributed by atoms with Crippen LogP contribution in [0.5, 0.6) is 0 Å². The van der Waals surface area contributed by atoms with Gasteiger partial charge in [-0.2, -0.15) is 5.10 Å². The minimum atomic E-state index is -0.791. The molecule has 7 heteroatoms. The van der Waals surface area contributed by atoms with Crippen molar-refractivity contribution in [2.75, 3.05) is 6.61 Å². The molecule has 1 aliphatic carbocycles. The molecule has 1 saturated carbocycles. The second-order valence-electron chi connectivity index (χ2n) is 5.90. The molecular formula is C17H22ClN3O3. The van der Waals surface area contributed by atoms with Gasteiger partial charge in [0, 0.05) is 37.0 Å². The number of rotatable bonds is 6. The highest BCUT2D eigenvalue weighted by Crippen LogP contribution is 2.33. The fraction of sp³-hybridized carbons (Fsp3) is 0.529. The topological polar surface area (TPSA) is 73.5 Å². The van der Waals surface area contributed by atoms with E-state index in [2.05, 4.69) is 10.3 Å². The lowest BCUT2D eigenvalue weighted by atomic mass is 9.76. The number of aryl methyl sites for hydroxylation is 2. The number of ketones is 2. The van der Waals surface area contributed by atoms with Crippen LogP contribution in [-0.4, -0.2) is 33.7 Å². The molecule has 130 valence electrons. The Morgan fingerprint density at radius 2 is 2.12 bits per heavy atom. The number of carbonyl (C=O) groups is 2. The van der Waals surface area contributed by atoms with Gasteiger partial charge in [0.1, 0.15) is 24.1 Å². The fourth-order valence-electron chi connectivity index (χ4n) is 3.09. The van der Waals surface area contributed by atoms with Crippen molar-refractivity contribution in [1.82, 2.24) is 9.78 Å². The molecule has 24 heavy (non-hydrogen) atoms. The summed E-state index contributed by atoms with van der Waals surface area (Å²) >= 11 is 5.41. The SMILES string of the molecule is CC/C(=N/OCC=CCl)C1C(=O)CC(c2cc(C)nn2C)CC1=O. The van der Waals surface area contributed by atoms with Crippen molar-refractivity contribution in [3.8, 4) is 0 Å². The van der Waals surface area contributed by atoms with Crippen LogP contribution < -0.4 is 0 Å². The normalized spacial score (nSPS) is 22.4. The zero-order chi connectivity index (χ0) is 17.7. The molecule has 1 aromatic rings. The summed E-state index contributed by atoms with van der Waals surface area (Å²) in [5.41, 5.74) is 3.61. The Balaban J connectivity index is 2.14. The highest BCUT2D eigenvalue weighted by Gasteiger charge is 2.39. The molecule has 0 amide bonds. The zero-order valence-corrected chi connectivity index (χ0v) is 14.9. The smallest absolute Gasteiger partial charge is 0.149 e. The lowest BCUT2D eigenvalue weighted by Gasteiger charge is -2.26. The van der Waals surface area contributed by atoms with E-state index >= 15 is 0 Å². The van der Waals surface area contributed by atoms with Crippen molar-refractivity contribution in [2.24, 2.45) is 18.1 Å². The first kappa shape index (κ1) is 18.4. The first-order chi connectivity index (χ1) is 11.5. The van der Waals surface area contributed by atoms with Gasteiger partial charge in [0.2, 0.25) is 0 Å². The van der Waals surface area contributed by atoms with E-state index in [1.807, 2.05) is 27.0 Å². The Bertz CT molecular complexity index is 661. The Labute approximate surface area is 146 Å². The summed E-state index contributed by atoms with van der Waals surface area (Å²) in [6.07, 6.45) is 2.71. The average Bonchev–Trinajstić information content (AvgIpc) is 2.87. The van der Waals surface area contributed by atoms with Crippen LogP contribution in [0.25, 0.3) is 0 Å². The number of aromatic nitrogens is 2. The molecule has 0 radical (unpaired) electrons. The van der Waals surface area contributed by atoms with Gasteiger partial charge in [0.05, 0.1) is 11.4 Å². The summed E-state index contributed by atoms with van der Waals surface area (Å²) in [7, 11) is 1.83.